The molecule has 0 saturated carbocycles. The fraction of sp³-hybridized carbons (Fsp3) is 0.167. The summed E-state index contributed by atoms with van der Waals surface area (Å²) >= 11 is 0. The number of hydrogen-bond acceptors (Lipinski definition) is 1. The van der Waals surface area contributed by atoms with E-state index >= 15 is 0 Å². The topological polar surface area (TPSA) is 76.5 Å². The summed E-state index contributed by atoms with van der Waals surface area (Å²) in [6.45, 7) is 0. The third-order valence-electron chi connectivity index (χ3n) is 1.10. The average molecular weight is 137 g/mol. The van der Waals surface area contributed by atoms with Gasteiger partial charge >= 0.3 is 5.71 Å². The first kappa shape index (κ1) is 6.89. The van der Waals surface area contributed by atoms with Crippen LogP contribution in [0.25, 0.3) is 5.53 Å². The first-order valence-electron chi connectivity index (χ1n) is 2.67. The highest BCUT2D eigenvalue weighted by Crippen LogP contribution is 2.09. The van der Waals surface area contributed by atoms with E-state index in [4.69, 9.17) is 10.6 Å². The lowest BCUT2D eigenvalue weighted by Crippen LogP contribution is -2.22. The minimum atomic E-state index is -2.14. The second-order valence-corrected chi connectivity index (χ2v) is 1.94. The highest BCUT2D eigenvalue weighted by molar-refractivity contribution is 6.00. The van der Waals surface area contributed by atoms with Crippen molar-refractivity contribution in [3.63, 3.8) is 0 Å². The fourth-order valence-corrected chi connectivity index (χ4v) is 0.587. The van der Waals surface area contributed by atoms with Crippen molar-refractivity contribution in [2.45, 2.75) is 5.79 Å². The maximum absolute atomic E-state index is 10.6. The maximum Gasteiger partial charge on any atom is 0.315 e. The van der Waals surface area contributed by atoms with E-state index in [1.54, 1.807) is 0 Å². The Morgan fingerprint density at radius 2 is 2.00 bits per heavy atom. The van der Waals surface area contributed by atoms with Crippen molar-refractivity contribution in [2.75, 3.05) is 0 Å². The Bertz CT molecular complexity index is 228. The molecule has 0 saturated heterocycles. The Balaban J connectivity index is 2.91. The van der Waals surface area contributed by atoms with Crippen LogP contribution in [0.2, 0.25) is 0 Å². The predicted octanol–water partition coefficient (Wildman–Crippen LogP) is -0.0977. The lowest BCUT2D eigenvalue weighted by molar-refractivity contribution is -0.125. The zero-order valence-corrected chi connectivity index (χ0v) is 5.06. The van der Waals surface area contributed by atoms with E-state index in [-0.39, 0.29) is 5.71 Å². The van der Waals surface area contributed by atoms with Crippen molar-refractivity contribution >= 4 is 5.71 Å². The molecule has 1 aliphatic carbocycles. The van der Waals surface area contributed by atoms with Gasteiger partial charge in [0.15, 0.2) is 0 Å². The molecule has 1 N–H and O–H groups in total. The Hall–Kier alpha value is -1.22. The van der Waals surface area contributed by atoms with Gasteiger partial charge in [0, 0.05) is 12.2 Å². The van der Waals surface area contributed by atoms with Crippen molar-refractivity contribution in [3.05, 3.63) is 29.8 Å². The average Bonchev–Trinajstić information content (AvgIpc) is 1.88. The molecule has 0 fully saturated rings. The fourth-order valence-electron chi connectivity index (χ4n) is 0.587. The van der Waals surface area contributed by atoms with Gasteiger partial charge in [-0.2, -0.15) is 9.90 Å². The number of nitrogens with zero attached hydrogens (tertiary/aromatic N) is 2. The van der Waals surface area contributed by atoms with Crippen molar-refractivity contribution in [2.24, 2.45) is 0 Å². The molecule has 10 heavy (non-hydrogen) atoms. The van der Waals surface area contributed by atoms with Gasteiger partial charge < -0.3 is 10.6 Å². The summed E-state index contributed by atoms with van der Waals surface area (Å²) in [6.07, 6.45) is 4.49. The second kappa shape index (κ2) is 2.19. The maximum atomic E-state index is 10.6. The molecule has 51 valence electrons. The second-order valence-electron chi connectivity index (χ2n) is 1.94. The van der Waals surface area contributed by atoms with Crippen molar-refractivity contribution < 1.29 is 15.0 Å². The van der Waals surface area contributed by atoms with E-state index in [0.29, 0.717) is 0 Å². The smallest absolute Gasteiger partial charge is 0.315 e. The zero-order chi connectivity index (χ0) is 7.61. The Labute approximate surface area is 57.3 Å². The molecule has 0 spiro atoms. The molecule has 1 aliphatic rings. The van der Waals surface area contributed by atoms with Crippen LogP contribution >= 0.6 is 0 Å². The Kier molecular flexibility index (Phi) is 1.51. The monoisotopic (exact) mass is 137 g/mol. The van der Waals surface area contributed by atoms with Crippen molar-refractivity contribution in [1.82, 2.24) is 0 Å². The molecule has 0 aliphatic heterocycles. The molecule has 0 amide bonds. The van der Waals surface area contributed by atoms with Crippen LogP contribution in [0.4, 0.5) is 0 Å². The minimum Gasteiger partial charge on any atom is -0.361 e. The van der Waals surface area contributed by atoms with Crippen LogP contribution in [0, 0.1) is 0 Å². The Morgan fingerprint density at radius 3 is 2.40 bits per heavy atom. The van der Waals surface area contributed by atoms with Crippen LogP contribution in [-0.2, 0) is 5.11 Å². The molecule has 0 aromatic heterocycles. The molecule has 0 heterocycles. The summed E-state index contributed by atoms with van der Waals surface area (Å²) in [6, 6.07) is 0. The Morgan fingerprint density at radius 1 is 1.50 bits per heavy atom. The van der Waals surface area contributed by atoms with Gasteiger partial charge in [-0.1, -0.05) is 0 Å². The highest BCUT2D eigenvalue weighted by Gasteiger charge is 2.22. The van der Waals surface area contributed by atoms with Gasteiger partial charge in [-0.3, -0.25) is 0 Å². The molecule has 0 aromatic carbocycles. The normalized spacial score (nSPS) is 20.8. The van der Waals surface area contributed by atoms with E-state index in [0.717, 1.165) is 12.2 Å². The molecule has 1 rings (SSSR count). The molecule has 0 unspecified atom stereocenters. The number of hydrogen-bond donors (Lipinski definition) is 1. The van der Waals surface area contributed by atoms with Gasteiger partial charge in [0.2, 0.25) is 5.79 Å². The lowest BCUT2D eigenvalue weighted by Gasteiger charge is -2.08. The highest BCUT2D eigenvalue weighted by atomic mass is 16.5. The lowest BCUT2D eigenvalue weighted by atomic mass is 10.1. The molecule has 0 aromatic rings. The molecule has 0 bridgehead atoms. The van der Waals surface area contributed by atoms with Gasteiger partial charge in [0.25, 0.3) is 0 Å². The van der Waals surface area contributed by atoms with Gasteiger partial charge in [0.05, 0.1) is 0 Å². The van der Waals surface area contributed by atoms with Gasteiger partial charge in [-0.25, -0.2) is 0 Å². The molecule has 0 atom stereocenters. The first-order valence-corrected chi connectivity index (χ1v) is 2.67. The summed E-state index contributed by atoms with van der Waals surface area (Å²) in [5, 5.41) is 19.4. The zero-order valence-electron chi connectivity index (χ0n) is 5.06. The van der Waals surface area contributed by atoms with Crippen molar-refractivity contribution in [3.8, 4) is 0 Å². The van der Waals surface area contributed by atoms with E-state index in [9.17, 15) is 5.11 Å². The van der Waals surface area contributed by atoms with Crippen molar-refractivity contribution in [1.29, 1.82) is 0 Å². The first-order chi connectivity index (χ1) is 4.64. The van der Waals surface area contributed by atoms with Gasteiger partial charge in [0.1, 0.15) is 0 Å². The third kappa shape index (κ3) is 1.39. The SMILES string of the molecule is [N-]=[N+]=C1C=CC([O])(O)C=C1. The number of rotatable bonds is 0. The summed E-state index contributed by atoms with van der Waals surface area (Å²) in [5.41, 5.74) is 8.41. The van der Waals surface area contributed by atoms with E-state index < -0.39 is 5.79 Å². The summed E-state index contributed by atoms with van der Waals surface area (Å²) in [5.74, 6) is -2.14. The van der Waals surface area contributed by atoms with Gasteiger partial charge in [-0.05, 0) is 12.2 Å². The molecular weight excluding hydrogens is 132 g/mol. The van der Waals surface area contributed by atoms with E-state index in [1.165, 1.54) is 12.2 Å². The van der Waals surface area contributed by atoms with Crippen LogP contribution < -0.4 is 0 Å². The van der Waals surface area contributed by atoms with E-state index in [1.807, 2.05) is 0 Å². The van der Waals surface area contributed by atoms with Crippen LogP contribution in [0.15, 0.2) is 24.3 Å². The number of aliphatic hydroxyl groups is 1. The summed E-state index contributed by atoms with van der Waals surface area (Å²) < 4.78 is 0. The minimum absolute atomic E-state index is 0.250. The van der Waals surface area contributed by atoms with Crippen LogP contribution in [0.1, 0.15) is 0 Å². The summed E-state index contributed by atoms with van der Waals surface area (Å²) in [4.78, 5) is 2.81. The quantitative estimate of drug-likeness (QED) is 0.282. The van der Waals surface area contributed by atoms with Crippen LogP contribution in [0.3, 0.4) is 0 Å². The third-order valence-corrected chi connectivity index (χ3v) is 1.10. The van der Waals surface area contributed by atoms with Crippen LogP contribution in [-0.4, -0.2) is 21.4 Å². The van der Waals surface area contributed by atoms with E-state index in [2.05, 4.69) is 4.79 Å². The molecule has 4 nitrogen and oxygen atoms in total. The summed E-state index contributed by atoms with van der Waals surface area (Å²) in [7, 11) is 0. The standard InChI is InChI=1S/C6H5N2O2/c7-8-5-1-3-6(9,10)4-2-5/h1-4,9H. The largest absolute Gasteiger partial charge is 0.361 e. The number of allylic oxidation sites excluding steroid dienone is 2. The van der Waals surface area contributed by atoms with Gasteiger partial charge in [-0.15, -0.1) is 0 Å². The van der Waals surface area contributed by atoms with Crippen LogP contribution in [0.5, 0.6) is 0 Å². The molecule has 1 radical (unpaired) electrons. The molecule has 4 heteroatoms. The predicted molar refractivity (Wildman–Crippen MR) is 32.5 cm³/mol. The molecular formula is C6H5N2O2.